The zero-order chi connectivity index (χ0) is 17.6. The third-order valence-corrected chi connectivity index (χ3v) is 5.21. The van der Waals surface area contributed by atoms with Crippen LogP contribution in [-0.4, -0.2) is 19.6 Å². The van der Waals surface area contributed by atoms with Crippen LogP contribution in [0, 0.1) is 0 Å². The lowest BCUT2D eigenvalue weighted by atomic mass is 10.1. The van der Waals surface area contributed by atoms with Crippen LogP contribution in [0.25, 0.3) is 0 Å². The van der Waals surface area contributed by atoms with E-state index in [1.807, 2.05) is 0 Å². The molecular formula is C17H22FNO3S. The molecular weight excluding hydrogens is 317 g/mol. The summed E-state index contributed by atoms with van der Waals surface area (Å²) in [6.45, 7) is 8.41. The number of carbonyl (C=O) groups excluding carboxylic acids is 1. The minimum atomic E-state index is -3.55. The first kappa shape index (κ1) is 19.1. The second kappa shape index (κ2) is 8.06. The van der Waals surface area contributed by atoms with E-state index in [4.69, 9.17) is 0 Å². The van der Waals surface area contributed by atoms with Crippen LogP contribution in [0.2, 0.25) is 0 Å². The van der Waals surface area contributed by atoms with E-state index in [2.05, 4.69) is 11.3 Å². The van der Waals surface area contributed by atoms with Gasteiger partial charge in [0, 0.05) is 5.57 Å². The first-order valence-corrected chi connectivity index (χ1v) is 8.83. The molecule has 6 heteroatoms. The molecule has 1 fully saturated rings. The van der Waals surface area contributed by atoms with E-state index in [1.165, 1.54) is 19.1 Å². The average Bonchev–Trinajstić information content (AvgIpc) is 3.34. The molecule has 23 heavy (non-hydrogen) atoms. The van der Waals surface area contributed by atoms with E-state index in [-0.39, 0.29) is 5.57 Å². The zero-order valence-corrected chi connectivity index (χ0v) is 14.4. The molecule has 0 saturated heterocycles. The Hall–Kier alpha value is -1.95. The second-order valence-electron chi connectivity index (χ2n) is 5.35. The Bertz CT molecular complexity index is 708. The molecule has 0 aromatic carbocycles. The molecule has 0 radical (unpaired) electrons. The van der Waals surface area contributed by atoms with Gasteiger partial charge in [-0.3, -0.25) is 4.79 Å². The molecule has 1 aliphatic rings. The van der Waals surface area contributed by atoms with E-state index < -0.39 is 27.0 Å². The lowest BCUT2D eigenvalue weighted by Gasteiger charge is -2.05. The Morgan fingerprint density at radius 1 is 1.22 bits per heavy atom. The third-order valence-electron chi connectivity index (χ3n) is 3.39. The lowest BCUT2D eigenvalue weighted by Crippen LogP contribution is -2.33. The fourth-order valence-electron chi connectivity index (χ4n) is 1.73. The number of carbonyl (C=O) groups is 1. The van der Waals surface area contributed by atoms with Crippen LogP contribution in [-0.2, 0) is 14.8 Å². The van der Waals surface area contributed by atoms with Gasteiger partial charge in [-0.25, -0.2) is 17.5 Å². The van der Waals surface area contributed by atoms with Crippen molar-refractivity contribution in [3.05, 3.63) is 59.5 Å². The highest BCUT2D eigenvalue weighted by atomic mass is 32.2. The molecule has 126 valence electrons. The molecule has 0 bridgehead atoms. The van der Waals surface area contributed by atoms with Crippen molar-refractivity contribution < 1.29 is 17.6 Å². The Kier molecular flexibility index (Phi) is 6.69. The highest BCUT2D eigenvalue weighted by Gasteiger charge is 2.36. The quantitative estimate of drug-likeness (QED) is 0.570. The molecule has 0 spiro atoms. The highest BCUT2D eigenvalue weighted by Crippen LogP contribution is 2.27. The number of amides is 1. The molecule has 0 unspecified atom stereocenters. The molecule has 0 heterocycles. The molecule has 4 nitrogen and oxygen atoms in total. The Morgan fingerprint density at radius 3 is 2.26 bits per heavy atom. The van der Waals surface area contributed by atoms with Crippen molar-refractivity contribution in [3.8, 4) is 0 Å². The number of halogens is 1. The van der Waals surface area contributed by atoms with Gasteiger partial charge in [0.1, 0.15) is 5.83 Å². The number of hydrogen-bond donors (Lipinski definition) is 1. The summed E-state index contributed by atoms with van der Waals surface area (Å²) < 4.78 is 38.7. The van der Waals surface area contributed by atoms with Crippen molar-refractivity contribution >= 4 is 15.9 Å². The predicted molar refractivity (Wildman–Crippen MR) is 90.7 cm³/mol. The molecule has 0 aromatic heterocycles. The van der Waals surface area contributed by atoms with E-state index in [0.29, 0.717) is 18.4 Å². The summed E-state index contributed by atoms with van der Waals surface area (Å²) >= 11 is 0. The number of allylic oxidation sites excluding steroid dienone is 8. The van der Waals surface area contributed by atoms with Crippen molar-refractivity contribution in [2.75, 3.05) is 0 Å². The summed E-state index contributed by atoms with van der Waals surface area (Å²) in [7, 11) is -3.55. The van der Waals surface area contributed by atoms with Gasteiger partial charge in [0.15, 0.2) is 0 Å². The molecule has 1 N–H and O–H groups in total. The lowest BCUT2D eigenvalue weighted by molar-refractivity contribution is -0.115. The summed E-state index contributed by atoms with van der Waals surface area (Å²) in [5, 5.41) is -0.446. The number of rotatable bonds is 7. The fourth-order valence-corrected chi connectivity index (χ4v) is 3.07. The van der Waals surface area contributed by atoms with Crippen LogP contribution in [0.15, 0.2) is 59.5 Å². The molecule has 1 aliphatic carbocycles. The topological polar surface area (TPSA) is 63.2 Å². The molecule has 1 amide bonds. The standard InChI is InChI=1S/C17H22FNO3S/c1-5-14(11-15(18)6-2)12(3)7-8-13(4)17(20)19-23(21,22)16-9-10-16/h5-8,11,16H,2,9-10H2,1,3-4H3,(H,19,20)/b12-7+,13-8+,14-5+,15-11+. The van der Waals surface area contributed by atoms with E-state index in [1.54, 1.807) is 26.0 Å². The predicted octanol–water partition coefficient (Wildman–Crippen LogP) is 3.47. The molecule has 0 aromatic rings. The second-order valence-corrected chi connectivity index (χ2v) is 7.31. The third kappa shape index (κ3) is 5.98. The van der Waals surface area contributed by atoms with E-state index in [9.17, 15) is 17.6 Å². The average molecular weight is 339 g/mol. The first-order chi connectivity index (χ1) is 10.7. The van der Waals surface area contributed by atoms with Gasteiger partial charge in [0.2, 0.25) is 10.0 Å². The monoisotopic (exact) mass is 339 g/mol. The molecule has 1 saturated carbocycles. The maximum absolute atomic E-state index is 13.3. The van der Waals surface area contributed by atoms with Crippen molar-refractivity contribution in [2.24, 2.45) is 0 Å². The van der Waals surface area contributed by atoms with Crippen molar-refractivity contribution in [1.29, 1.82) is 0 Å². The maximum Gasteiger partial charge on any atom is 0.260 e. The van der Waals surface area contributed by atoms with Crippen LogP contribution in [0.4, 0.5) is 4.39 Å². The Morgan fingerprint density at radius 2 is 1.78 bits per heavy atom. The number of nitrogens with one attached hydrogen (secondary N) is 1. The minimum Gasteiger partial charge on any atom is -0.269 e. The van der Waals surface area contributed by atoms with Crippen molar-refractivity contribution in [1.82, 2.24) is 4.72 Å². The summed E-state index contributed by atoms with van der Waals surface area (Å²) in [6, 6.07) is 0. The van der Waals surface area contributed by atoms with Crippen LogP contribution >= 0.6 is 0 Å². The van der Waals surface area contributed by atoms with Crippen LogP contribution in [0.5, 0.6) is 0 Å². The summed E-state index contributed by atoms with van der Waals surface area (Å²) in [5.74, 6) is -1.10. The van der Waals surface area contributed by atoms with E-state index >= 15 is 0 Å². The highest BCUT2D eigenvalue weighted by molar-refractivity contribution is 7.91. The Balaban J connectivity index is 2.84. The summed E-state index contributed by atoms with van der Waals surface area (Å²) in [4.78, 5) is 11.9. The fraction of sp³-hybridized carbons (Fsp3) is 0.353. The molecule has 0 aliphatic heterocycles. The van der Waals surface area contributed by atoms with Crippen LogP contribution in [0.3, 0.4) is 0 Å². The van der Waals surface area contributed by atoms with Crippen LogP contribution < -0.4 is 4.72 Å². The van der Waals surface area contributed by atoms with Gasteiger partial charge < -0.3 is 0 Å². The molecule has 0 atom stereocenters. The van der Waals surface area contributed by atoms with Crippen LogP contribution in [0.1, 0.15) is 33.6 Å². The molecule has 1 rings (SSSR count). The normalized spacial score (nSPS) is 17.9. The number of hydrogen-bond acceptors (Lipinski definition) is 3. The van der Waals surface area contributed by atoms with Gasteiger partial charge in [-0.2, -0.15) is 0 Å². The van der Waals surface area contributed by atoms with Gasteiger partial charge in [-0.15, -0.1) is 0 Å². The van der Waals surface area contributed by atoms with Gasteiger partial charge >= 0.3 is 0 Å². The number of sulfonamides is 1. The van der Waals surface area contributed by atoms with Crippen molar-refractivity contribution in [3.63, 3.8) is 0 Å². The summed E-state index contributed by atoms with van der Waals surface area (Å²) in [6.07, 6.45) is 8.51. The zero-order valence-electron chi connectivity index (χ0n) is 13.6. The van der Waals surface area contributed by atoms with Gasteiger partial charge in [0.25, 0.3) is 5.91 Å². The van der Waals surface area contributed by atoms with Gasteiger partial charge in [0.05, 0.1) is 5.25 Å². The SMILES string of the molecule is C=C\C(F)=C/C(=C\C)C(/C)=C/C=C(\C)C(=O)NS(=O)(=O)C1CC1. The minimum absolute atomic E-state index is 0.261. The largest absolute Gasteiger partial charge is 0.269 e. The van der Waals surface area contributed by atoms with Gasteiger partial charge in [-0.1, -0.05) is 24.8 Å². The summed E-state index contributed by atoms with van der Waals surface area (Å²) in [5.41, 5.74) is 1.65. The smallest absolute Gasteiger partial charge is 0.260 e. The Labute approximate surface area is 137 Å². The van der Waals surface area contributed by atoms with E-state index in [0.717, 1.165) is 11.6 Å². The van der Waals surface area contributed by atoms with Crippen molar-refractivity contribution in [2.45, 2.75) is 38.9 Å². The van der Waals surface area contributed by atoms with Gasteiger partial charge in [-0.05, 0) is 56.9 Å². The first-order valence-electron chi connectivity index (χ1n) is 7.28. The maximum atomic E-state index is 13.3.